The molecule has 1 atom stereocenters. The summed E-state index contributed by atoms with van der Waals surface area (Å²) in [5, 5.41) is 2.37. The number of hydrogen-bond donors (Lipinski definition) is 1. The molecule has 1 N–H and O–H groups in total. The van der Waals surface area contributed by atoms with Crippen molar-refractivity contribution in [2.75, 3.05) is 0 Å². The van der Waals surface area contributed by atoms with Gasteiger partial charge in [0.05, 0.1) is 5.02 Å². The van der Waals surface area contributed by atoms with E-state index in [0.717, 1.165) is 6.20 Å². The Labute approximate surface area is 153 Å². The maximum Gasteiger partial charge on any atom is 0.490 e. The molecule has 1 aliphatic heterocycles. The van der Waals surface area contributed by atoms with E-state index in [2.05, 4.69) is 15.0 Å². The van der Waals surface area contributed by atoms with Crippen molar-refractivity contribution in [3.05, 3.63) is 52.3 Å². The molecule has 11 heteroatoms. The van der Waals surface area contributed by atoms with E-state index >= 15 is 0 Å². The quantitative estimate of drug-likeness (QED) is 0.579. The minimum atomic E-state index is -5.16. The molecule has 1 aromatic heterocycles. The van der Waals surface area contributed by atoms with Crippen LogP contribution < -0.4 is 5.32 Å². The number of fused-ring (bicyclic) bond motifs is 1. The number of rotatable bonds is 2. The lowest BCUT2D eigenvalue weighted by Crippen LogP contribution is -2.30. The second-order valence-electron chi connectivity index (χ2n) is 5.59. The van der Waals surface area contributed by atoms with Gasteiger partial charge in [-0.05, 0) is 23.3 Å². The van der Waals surface area contributed by atoms with Crippen molar-refractivity contribution < 1.29 is 35.9 Å². The van der Waals surface area contributed by atoms with Crippen LogP contribution in [0.2, 0.25) is 5.02 Å². The van der Waals surface area contributed by atoms with E-state index in [1.807, 2.05) is 0 Å². The van der Waals surface area contributed by atoms with E-state index in [1.165, 1.54) is 24.3 Å². The highest BCUT2D eigenvalue weighted by Crippen LogP contribution is 2.41. The predicted octanol–water partition coefficient (Wildman–Crippen LogP) is 4.63. The first kappa shape index (κ1) is 19.4. The van der Waals surface area contributed by atoms with Gasteiger partial charge in [-0.1, -0.05) is 23.7 Å². The van der Waals surface area contributed by atoms with E-state index in [-0.39, 0.29) is 28.3 Å². The van der Waals surface area contributed by atoms with Gasteiger partial charge in [-0.25, -0.2) is 4.79 Å². The lowest BCUT2D eigenvalue weighted by molar-refractivity contribution is -0.206. The first-order valence-corrected chi connectivity index (χ1v) is 7.72. The molecule has 2 heterocycles. The molecule has 4 nitrogen and oxygen atoms in total. The largest absolute Gasteiger partial charge is 0.490 e. The van der Waals surface area contributed by atoms with Crippen molar-refractivity contribution in [1.82, 2.24) is 10.3 Å². The van der Waals surface area contributed by atoms with Crippen molar-refractivity contribution >= 4 is 17.6 Å². The summed E-state index contributed by atoms with van der Waals surface area (Å²) in [5.74, 6) is -2.37. The topological polar surface area (TPSA) is 51.2 Å². The fourth-order valence-electron chi connectivity index (χ4n) is 2.69. The van der Waals surface area contributed by atoms with Gasteiger partial charge in [0.2, 0.25) is 0 Å². The second-order valence-corrected chi connectivity index (χ2v) is 6.00. The van der Waals surface area contributed by atoms with Crippen molar-refractivity contribution in [2.45, 2.75) is 25.1 Å². The number of pyridine rings is 1. The van der Waals surface area contributed by atoms with Gasteiger partial charge in [0, 0.05) is 23.9 Å². The summed E-state index contributed by atoms with van der Waals surface area (Å²) >= 11 is 5.92. The highest BCUT2D eigenvalue weighted by molar-refractivity contribution is 6.33. The Morgan fingerprint density at radius 1 is 1.19 bits per heavy atom. The first-order valence-electron chi connectivity index (χ1n) is 7.34. The molecule has 0 saturated heterocycles. The lowest BCUT2D eigenvalue weighted by atomic mass is 9.98. The zero-order valence-corrected chi connectivity index (χ0v) is 13.8. The summed E-state index contributed by atoms with van der Waals surface area (Å²) in [5.41, 5.74) is -0.847. The number of benzene rings is 1. The molecular weight excluding hydrogens is 402 g/mol. The number of carbonyl (C=O) groups is 1. The molecule has 1 aromatic carbocycles. The van der Waals surface area contributed by atoms with E-state index in [9.17, 15) is 31.1 Å². The summed E-state index contributed by atoms with van der Waals surface area (Å²) in [7, 11) is 0. The molecule has 1 aliphatic rings. The van der Waals surface area contributed by atoms with Crippen molar-refractivity contribution in [3.63, 3.8) is 0 Å². The van der Waals surface area contributed by atoms with Gasteiger partial charge in [0.15, 0.2) is 11.9 Å². The molecule has 1 unspecified atom stereocenters. The highest BCUT2D eigenvalue weighted by Gasteiger charge is 2.43. The lowest BCUT2D eigenvalue weighted by Gasteiger charge is -2.16. The van der Waals surface area contributed by atoms with Crippen LogP contribution in [0.4, 0.5) is 26.3 Å². The van der Waals surface area contributed by atoms with Crippen LogP contribution in [0.25, 0.3) is 11.1 Å². The maximum absolute atomic E-state index is 13.2. The number of aromatic nitrogens is 1. The Hall–Kier alpha value is -2.33. The highest BCUT2D eigenvalue weighted by atomic mass is 35.5. The van der Waals surface area contributed by atoms with Crippen LogP contribution in [0.3, 0.4) is 0 Å². The SMILES string of the molecule is O=C(OC1NCc2cc(-c3c(Cl)ccnc3C(F)(F)F)ccc21)C(F)(F)F. The molecule has 27 heavy (non-hydrogen) atoms. The third-order valence-corrected chi connectivity index (χ3v) is 4.13. The Morgan fingerprint density at radius 2 is 1.89 bits per heavy atom. The fraction of sp³-hybridized carbons (Fsp3) is 0.250. The predicted molar refractivity (Wildman–Crippen MR) is 81.4 cm³/mol. The van der Waals surface area contributed by atoms with Crippen LogP contribution in [0.1, 0.15) is 23.0 Å². The van der Waals surface area contributed by atoms with Gasteiger partial charge in [-0.3, -0.25) is 10.3 Å². The van der Waals surface area contributed by atoms with Crippen LogP contribution in [0.15, 0.2) is 30.5 Å². The number of nitrogens with one attached hydrogen (secondary N) is 1. The van der Waals surface area contributed by atoms with Gasteiger partial charge < -0.3 is 4.74 Å². The minimum Gasteiger partial charge on any atom is -0.436 e. The Balaban J connectivity index is 1.97. The van der Waals surface area contributed by atoms with E-state index in [0.29, 0.717) is 5.56 Å². The fourth-order valence-corrected chi connectivity index (χ4v) is 2.94. The Bertz CT molecular complexity index is 897. The number of alkyl halides is 6. The molecule has 0 amide bonds. The zero-order valence-electron chi connectivity index (χ0n) is 13.1. The minimum absolute atomic E-state index is 0.00178. The molecular formula is C16H9ClF6N2O2. The second kappa shape index (κ2) is 6.68. The molecule has 0 saturated carbocycles. The molecule has 0 bridgehead atoms. The molecule has 0 radical (unpaired) electrons. The summed E-state index contributed by atoms with van der Waals surface area (Å²) in [6.45, 7) is -0.00178. The monoisotopic (exact) mass is 410 g/mol. The van der Waals surface area contributed by atoms with E-state index < -0.39 is 30.2 Å². The van der Waals surface area contributed by atoms with Gasteiger partial charge in [-0.2, -0.15) is 26.3 Å². The zero-order chi connectivity index (χ0) is 20.0. The molecule has 144 valence electrons. The summed E-state index contributed by atoms with van der Waals surface area (Å²) in [6, 6.07) is 5.06. The van der Waals surface area contributed by atoms with E-state index in [1.54, 1.807) is 0 Å². The van der Waals surface area contributed by atoms with Crippen LogP contribution >= 0.6 is 11.6 Å². The van der Waals surface area contributed by atoms with Crippen LogP contribution in [0.5, 0.6) is 0 Å². The van der Waals surface area contributed by atoms with Crippen molar-refractivity contribution in [3.8, 4) is 11.1 Å². The van der Waals surface area contributed by atoms with Gasteiger partial charge in [0.1, 0.15) is 0 Å². The Kier molecular flexibility index (Phi) is 4.81. The maximum atomic E-state index is 13.2. The number of nitrogens with zero attached hydrogens (tertiary/aromatic N) is 1. The van der Waals surface area contributed by atoms with Gasteiger partial charge in [-0.15, -0.1) is 0 Å². The van der Waals surface area contributed by atoms with E-state index in [4.69, 9.17) is 11.6 Å². The van der Waals surface area contributed by atoms with Gasteiger partial charge >= 0.3 is 18.3 Å². The van der Waals surface area contributed by atoms with Crippen molar-refractivity contribution in [1.29, 1.82) is 0 Å². The normalized spacial score (nSPS) is 16.9. The average molecular weight is 411 g/mol. The standard InChI is InChI=1S/C16H9ClF6N2O2/c17-10-3-4-24-12(15(18,19)20)11(10)7-1-2-9-8(5-7)6-25-13(9)27-14(26)16(21,22)23/h1-5,13,25H,6H2. The molecule has 3 rings (SSSR count). The summed E-state index contributed by atoms with van der Waals surface area (Å²) in [6.07, 6.45) is -10.3. The summed E-state index contributed by atoms with van der Waals surface area (Å²) in [4.78, 5) is 14.3. The van der Waals surface area contributed by atoms with Crippen molar-refractivity contribution in [2.24, 2.45) is 0 Å². The van der Waals surface area contributed by atoms with Crippen LogP contribution in [0, 0.1) is 0 Å². The third-order valence-electron chi connectivity index (χ3n) is 3.82. The smallest absolute Gasteiger partial charge is 0.436 e. The van der Waals surface area contributed by atoms with Crippen LogP contribution in [-0.4, -0.2) is 17.1 Å². The van der Waals surface area contributed by atoms with Crippen LogP contribution in [-0.2, 0) is 22.3 Å². The number of ether oxygens (including phenoxy) is 1. The average Bonchev–Trinajstić information content (AvgIpc) is 2.95. The number of halogens is 7. The molecule has 0 aliphatic carbocycles. The summed E-state index contributed by atoms with van der Waals surface area (Å²) < 4.78 is 81.0. The van der Waals surface area contributed by atoms with Gasteiger partial charge in [0.25, 0.3) is 0 Å². The number of carbonyl (C=O) groups excluding carboxylic acids is 1. The first-order chi connectivity index (χ1) is 12.5. The molecule has 0 fully saturated rings. The Morgan fingerprint density at radius 3 is 2.52 bits per heavy atom. The number of esters is 1. The molecule has 2 aromatic rings. The third kappa shape index (κ3) is 3.86. The molecule has 0 spiro atoms. The number of hydrogen-bond acceptors (Lipinski definition) is 4.